The number of hydrazone groups is 1. The molecule has 0 aromatic heterocycles. The van der Waals surface area contributed by atoms with Gasteiger partial charge in [-0.15, -0.1) is 0 Å². The number of amides is 1. The molecule has 0 aliphatic carbocycles. The zero-order valence-corrected chi connectivity index (χ0v) is 15.8. The van der Waals surface area contributed by atoms with Crippen LogP contribution in [-0.4, -0.2) is 37.6 Å². The number of carbonyl (C=O) groups excluding carboxylic acids is 1. The molecular weight excluding hydrogens is 370 g/mol. The SMILES string of the molecule is Cc1ccc(S(=O)(=O)N/N=C2\CSCC2NC(=O)c2ccccc2)cc1. The van der Waals surface area contributed by atoms with Gasteiger partial charge in [-0.05, 0) is 31.2 Å². The maximum atomic E-state index is 12.3. The van der Waals surface area contributed by atoms with Gasteiger partial charge in [-0.3, -0.25) is 4.79 Å². The molecule has 2 N–H and O–H groups in total. The van der Waals surface area contributed by atoms with Gasteiger partial charge in [0.2, 0.25) is 0 Å². The van der Waals surface area contributed by atoms with E-state index >= 15 is 0 Å². The lowest BCUT2D eigenvalue weighted by atomic mass is 10.1. The molecule has 136 valence electrons. The molecule has 8 heteroatoms. The molecule has 1 amide bonds. The van der Waals surface area contributed by atoms with Gasteiger partial charge in [-0.25, -0.2) is 4.83 Å². The van der Waals surface area contributed by atoms with E-state index < -0.39 is 10.0 Å². The van der Waals surface area contributed by atoms with Crippen LogP contribution in [0, 0.1) is 6.92 Å². The Bertz CT molecular complexity index is 910. The Balaban J connectivity index is 1.69. The van der Waals surface area contributed by atoms with E-state index in [2.05, 4.69) is 15.2 Å². The topological polar surface area (TPSA) is 87.6 Å². The monoisotopic (exact) mass is 389 g/mol. The molecule has 3 rings (SSSR count). The second kappa shape index (κ2) is 7.92. The summed E-state index contributed by atoms with van der Waals surface area (Å²) >= 11 is 1.60. The average molecular weight is 390 g/mol. The van der Waals surface area contributed by atoms with Crippen LogP contribution in [0.5, 0.6) is 0 Å². The third-order valence-electron chi connectivity index (χ3n) is 3.92. The highest BCUT2D eigenvalue weighted by atomic mass is 32.2. The van der Waals surface area contributed by atoms with Gasteiger partial charge in [-0.2, -0.15) is 25.3 Å². The van der Waals surface area contributed by atoms with Gasteiger partial charge in [0.1, 0.15) is 0 Å². The van der Waals surface area contributed by atoms with E-state index in [4.69, 9.17) is 0 Å². The first kappa shape index (κ1) is 18.5. The zero-order chi connectivity index (χ0) is 18.6. The quantitative estimate of drug-likeness (QED) is 0.767. The highest BCUT2D eigenvalue weighted by Crippen LogP contribution is 2.17. The first-order chi connectivity index (χ1) is 12.5. The first-order valence-electron chi connectivity index (χ1n) is 8.04. The van der Waals surface area contributed by atoms with E-state index in [0.29, 0.717) is 22.8 Å². The Morgan fingerprint density at radius 3 is 2.50 bits per heavy atom. The van der Waals surface area contributed by atoms with Crippen LogP contribution < -0.4 is 10.1 Å². The molecule has 1 saturated heterocycles. The molecule has 1 unspecified atom stereocenters. The number of hydrogen-bond acceptors (Lipinski definition) is 5. The number of nitrogens with zero attached hydrogens (tertiary/aromatic N) is 1. The van der Waals surface area contributed by atoms with Gasteiger partial charge in [0.15, 0.2) is 0 Å². The molecule has 0 radical (unpaired) electrons. The molecule has 2 aromatic carbocycles. The second-order valence-electron chi connectivity index (χ2n) is 5.92. The fourth-order valence-electron chi connectivity index (χ4n) is 2.43. The van der Waals surface area contributed by atoms with Crippen LogP contribution >= 0.6 is 11.8 Å². The largest absolute Gasteiger partial charge is 0.343 e. The Kier molecular flexibility index (Phi) is 5.63. The second-order valence-corrected chi connectivity index (χ2v) is 8.61. The summed E-state index contributed by atoms with van der Waals surface area (Å²) in [6.07, 6.45) is 0. The van der Waals surface area contributed by atoms with Crippen molar-refractivity contribution >= 4 is 33.4 Å². The normalized spacial score (nSPS) is 18.7. The predicted octanol–water partition coefficient (Wildman–Crippen LogP) is 2.17. The molecule has 6 nitrogen and oxygen atoms in total. The van der Waals surface area contributed by atoms with Crippen molar-refractivity contribution in [1.29, 1.82) is 0 Å². The minimum Gasteiger partial charge on any atom is -0.343 e. The summed E-state index contributed by atoms with van der Waals surface area (Å²) in [5, 5.41) is 6.97. The Morgan fingerprint density at radius 1 is 1.12 bits per heavy atom. The molecule has 1 aliphatic heterocycles. The highest BCUT2D eigenvalue weighted by molar-refractivity contribution is 8.00. The smallest absolute Gasteiger partial charge is 0.276 e. The van der Waals surface area contributed by atoms with Crippen molar-refractivity contribution in [2.24, 2.45) is 5.10 Å². The molecular formula is C18H19N3O3S2. The van der Waals surface area contributed by atoms with Crippen molar-refractivity contribution in [3.05, 3.63) is 65.7 Å². The third-order valence-corrected chi connectivity index (χ3v) is 6.21. The summed E-state index contributed by atoms with van der Waals surface area (Å²) in [7, 11) is -3.73. The van der Waals surface area contributed by atoms with Crippen LogP contribution in [0.25, 0.3) is 0 Å². The van der Waals surface area contributed by atoms with Gasteiger partial charge < -0.3 is 5.32 Å². The van der Waals surface area contributed by atoms with Crippen molar-refractivity contribution in [2.45, 2.75) is 17.9 Å². The van der Waals surface area contributed by atoms with E-state index in [9.17, 15) is 13.2 Å². The number of rotatable bonds is 5. The lowest BCUT2D eigenvalue weighted by molar-refractivity contribution is 0.0950. The predicted molar refractivity (Wildman–Crippen MR) is 104 cm³/mol. The number of benzene rings is 2. The van der Waals surface area contributed by atoms with E-state index in [1.165, 1.54) is 12.1 Å². The molecule has 0 saturated carbocycles. The summed E-state index contributed by atoms with van der Waals surface area (Å²) < 4.78 is 24.7. The maximum absolute atomic E-state index is 12.3. The van der Waals surface area contributed by atoms with Gasteiger partial charge in [0, 0.05) is 17.1 Å². The van der Waals surface area contributed by atoms with Crippen LogP contribution in [0.2, 0.25) is 0 Å². The molecule has 1 fully saturated rings. The van der Waals surface area contributed by atoms with E-state index in [-0.39, 0.29) is 16.8 Å². The average Bonchev–Trinajstić information content (AvgIpc) is 3.08. The van der Waals surface area contributed by atoms with Gasteiger partial charge in [0.25, 0.3) is 15.9 Å². The lowest BCUT2D eigenvalue weighted by Crippen LogP contribution is -2.41. The summed E-state index contributed by atoms with van der Waals surface area (Å²) in [4.78, 5) is 14.7. The summed E-state index contributed by atoms with van der Waals surface area (Å²) in [6.45, 7) is 1.89. The maximum Gasteiger partial charge on any atom is 0.276 e. The Hall–Kier alpha value is -2.32. The third kappa shape index (κ3) is 4.44. The minimum atomic E-state index is -3.73. The number of hydrogen-bond donors (Lipinski definition) is 2. The number of nitrogens with one attached hydrogen (secondary N) is 2. The summed E-state index contributed by atoms with van der Waals surface area (Å²) in [5.74, 6) is 1.02. The molecule has 26 heavy (non-hydrogen) atoms. The fraction of sp³-hybridized carbons (Fsp3) is 0.222. The number of thioether (sulfide) groups is 1. The highest BCUT2D eigenvalue weighted by Gasteiger charge is 2.26. The van der Waals surface area contributed by atoms with E-state index in [1.54, 1.807) is 48.2 Å². The number of carbonyl (C=O) groups is 1. The van der Waals surface area contributed by atoms with E-state index in [0.717, 1.165) is 5.56 Å². The van der Waals surface area contributed by atoms with Crippen LogP contribution in [0.15, 0.2) is 64.6 Å². The van der Waals surface area contributed by atoms with Crippen molar-refractivity contribution in [3.8, 4) is 0 Å². The van der Waals surface area contributed by atoms with Gasteiger partial charge in [0.05, 0.1) is 16.6 Å². The van der Waals surface area contributed by atoms with Crippen LogP contribution in [0.4, 0.5) is 0 Å². The molecule has 1 heterocycles. The molecule has 2 aromatic rings. The van der Waals surface area contributed by atoms with Crippen LogP contribution in [-0.2, 0) is 10.0 Å². The summed E-state index contributed by atoms with van der Waals surface area (Å²) in [5.41, 5.74) is 2.14. The zero-order valence-electron chi connectivity index (χ0n) is 14.2. The van der Waals surface area contributed by atoms with Gasteiger partial charge in [-0.1, -0.05) is 35.9 Å². The van der Waals surface area contributed by atoms with Crippen LogP contribution in [0.3, 0.4) is 0 Å². The Labute approximate surface area is 157 Å². The van der Waals surface area contributed by atoms with Crippen molar-refractivity contribution in [3.63, 3.8) is 0 Å². The van der Waals surface area contributed by atoms with Crippen molar-refractivity contribution in [1.82, 2.24) is 10.1 Å². The fourth-order valence-corrected chi connectivity index (χ4v) is 4.37. The van der Waals surface area contributed by atoms with E-state index in [1.807, 2.05) is 13.0 Å². The number of aryl methyl sites for hydroxylation is 1. The van der Waals surface area contributed by atoms with Crippen LogP contribution in [0.1, 0.15) is 15.9 Å². The molecule has 0 spiro atoms. The minimum absolute atomic E-state index is 0.156. The summed E-state index contributed by atoms with van der Waals surface area (Å²) in [6, 6.07) is 15.1. The molecule has 0 bridgehead atoms. The van der Waals surface area contributed by atoms with Crippen molar-refractivity contribution in [2.75, 3.05) is 11.5 Å². The molecule has 1 aliphatic rings. The standard InChI is InChI=1S/C18H19N3O3S2/c1-13-7-9-15(10-8-13)26(23,24)21-20-17-12-25-11-16(17)19-18(22)14-5-3-2-4-6-14/h2-10,16,21H,11-12H2,1H3,(H,19,22)/b20-17+. The van der Waals surface area contributed by atoms with Crippen molar-refractivity contribution < 1.29 is 13.2 Å². The lowest BCUT2D eigenvalue weighted by Gasteiger charge is -2.13. The first-order valence-corrected chi connectivity index (χ1v) is 10.7. The number of sulfonamides is 1. The van der Waals surface area contributed by atoms with Gasteiger partial charge >= 0.3 is 0 Å². The Morgan fingerprint density at radius 2 is 1.81 bits per heavy atom. The molecule has 1 atom stereocenters.